The Labute approximate surface area is 134 Å². The zero-order valence-electron chi connectivity index (χ0n) is 12.4. The second-order valence-electron chi connectivity index (χ2n) is 5.48. The fourth-order valence-corrected chi connectivity index (χ4v) is 4.51. The van der Waals surface area contributed by atoms with E-state index in [-0.39, 0.29) is 5.75 Å². The van der Waals surface area contributed by atoms with Crippen LogP contribution in [0.25, 0.3) is 0 Å². The minimum absolute atomic E-state index is 0.140. The van der Waals surface area contributed by atoms with Crippen LogP contribution in [0.3, 0.4) is 0 Å². The lowest BCUT2D eigenvalue weighted by molar-refractivity contribution is 0.260. The molecule has 22 heavy (non-hydrogen) atoms. The summed E-state index contributed by atoms with van der Waals surface area (Å²) in [5.41, 5.74) is 1.81. The number of thiophene rings is 1. The van der Waals surface area contributed by atoms with Crippen LogP contribution in [0.4, 0.5) is 0 Å². The molecule has 6 nitrogen and oxygen atoms in total. The first-order valence-electron chi connectivity index (χ1n) is 7.19. The Morgan fingerprint density at radius 1 is 1.50 bits per heavy atom. The Morgan fingerprint density at radius 2 is 2.36 bits per heavy atom. The maximum atomic E-state index is 12.0. The molecule has 0 aromatic carbocycles. The Balaban J connectivity index is 1.46. The molecule has 0 fully saturated rings. The molecule has 1 aliphatic rings. The van der Waals surface area contributed by atoms with Gasteiger partial charge in [0.1, 0.15) is 17.2 Å². The van der Waals surface area contributed by atoms with Gasteiger partial charge >= 0.3 is 0 Å². The molecule has 0 amide bonds. The summed E-state index contributed by atoms with van der Waals surface area (Å²) >= 11 is 1.80. The van der Waals surface area contributed by atoms with E-state index in [2.05, 4.69) is 26.2 Å². The lowest BCUT2D eigenvalue weighted by Crippen LogP contribution is -2.37. The Kier molecular flexibility index (Phi) is 4.62. The van der Waals surface area contributed by atoms with Gasteiger partial charge in [-0.05, 0) is 30.4 Å². The van der Waals surface area contributed by atoms with Crippen molar-refractivity contribution < 1.29 is 12.9 Å². The van der Waals surface area contributed by atoms with Crippen LogP contribution in [0, 0.1) is 6.92 Å². The number of hydrogen-bond acceptors (Lipinski definition) is 6. The highest BCUT2D eigenvalue weighted by Crippen LogP contribution is 2.23. The third kappa shape index (κ3) is 3.95. The molecule has 0 saturated heterocycles. The van der Waals surface area contributed by atoms with Crippen molar-refractivity contribution in [3.63, 3.8) is 0 Å². The monoisotopic (exact) mass is 341 g/mol. The molecule has 0 spiro atoms. The van der Waals surface area contributed by atoms with Gasteiger partial charge in [-0.2, -0.15) is 0 Å². The summed E-state index contributed by atoms with van der Waals surface area (Å²) in [4.78, 5) is 3.73. The first kappa shape index (κ1) is 15.7. The van der Waals surface area contributed by atoms with Crippen LogP contribution in [-0.2, 0) is 28.7 Å². The zero-order chi connectivity index (χ0) is 15.6. The number of sulfonamides is 1. The molecule has 8 heteroatoms. The highest BCUT2D eigenvalue weighted by Gasteiger charge is 2.18. The molecule has 2 aromatic heterocycles. The van der Waals surface area contributed by atoms with Crippen LogP contribution in [-0.4, -0.2) is 38.1 Å². The molecule has 3 heterocycles. The summed E-state index contributed by atoms with van der Waals surface area (Å²) in [6.45, 7) is 4.76. The maximum absolute atomic E-state index is 12.0. The van der Waals surface area contributed by atoms with Crippen molar-refractivity contribution in [2.75, 3.05) is 19.6 Å². The van der Waals surface area contributed by atoms with Gasteiger partial charge in [-0.15, -0.1) is 11.3 Å². The van der Waals surface area contributed by atoms with Crippen molar-refractivity contribution >= 4 is 21.4 Å². The molecular formula is C14H19N3O3S2. The minimum atomic E-state index is -3.37. The van der Waals surface area contributed by atoms with Gasteiger partial charge in [0.2, 0.25) is 10.0 Å². The topological polar surface area (TPSA) is 75.4 Å². The SMILES string of the molecule is Cc1cc(CS(=O)(=O)NCCN2CCc3sccc3C2)no1. The van der Waals surface area contributed by atoms with Gasteiger partial charge in [0.25, 0.3) is 0 Å². The predicted octanol–water partition coefficient (Wildman–Crippen LogP) is 1.52. The number of nitrogens with zero attached hydrogens (tertiary/aromatic N) is 2. The average molecular weight is 341 g/mol. The Bertz CT molecular complexity index is 736. The van der Waals surface area contributed by atoms with Crippen LogP contribution in [0.5, 0.6) is 0 Å². The van der Waals surface area contributed by atoms with E-state index < -0.39 is 10.0 Å². The summed E-state index contributed by atoms with van der Waals surface area (Å²) in [6.07, 6.45) is 1.05. The second-order valence-corrected chi connectivity index (χ2v) is 8.28. The number of aryl methyl sites for hydroxylation is 1. The van der Waals surface area contributed by atoms with Crippen LogP contribution in [0.15, 0.2) is 22.0 Å². The summed E-state index contributed by atoms with van der Waals surface area (Å²) in [6, 6.07) is 3.80. The highest BCUT2D eigenvalue weighted by molar-refractivity contribution is 7.88. The number of nitrogens with one attached hydrogen (secondary N) is 1. The highest BCUT2D eigenvalue weighted by atomic mass is 32.2. The molecule has 0 radical (unpaired) electrons. The van der Waals surface area contributed by atoms with Crippen LogP contribution >= 0.6 is 11.3 Å². The summed E-state index contributed by atoms with van der Waals surface area (Å²) < 4.78 is 31.5. The van der Waals surface area contributed by atoms with E-state index in [1.54, 1.807) is 24.3 Å². The molecule has 0 atom stereocenters. The Morgan fingerprint density at radius 3 is 3.14 bits per heavy atom. The predicted molar refractivity (Wildman–Crippen MR) is 85.2 cm³/mol. The van der Waals surface area contributed by atoms with E-state index in [1.807, 2.05) is 0 Å². The fraction of sp³-hybridized carbons (Fsp3) is 0.500. The Hall–Kier alpha value is -1.22. The van der Waals surface area contributed by atoms with Gasteiger partial charge in [-0.1, -0.05) is 5.16 Å². The molecule has 1 N–H and O–H groups in total. The van der Waals surface area contributed by atoms with Crippen molar-refractivity contribution in [1.29, 1.82) is 0 Å². The van der Waals surface area contributed by atoms with Crippen LogP contribution in [0.2, 0.25) is 0 Å². The van der Waals surface area contributed by atoms with E-state index in [9.17, 15) is 8.42 Å². The third-order valence-electron chi connectivity index (χ3n) is 3.65. The van der Waals surface area contributed by atoms with Crippen molar-refractivity contribution in [3.05, 3.63) is 39.4 Å². The van der Waals surface area contributed by atoms with Crippen molar-refractivity contribution in [1.82, 2.24) is 14.8 Å². The first-order chi connectivity index (χ1) is 10.5. The number of hydrogen-bond donors (Lipinski definition) is 1. The largest absolute Gasteiger partial charge is 0.361 e. The molecule has 0 unspecified atom stereocenters. The lowest BCUT2D eigenvalue weighted by atomic mass is 10.1. The minimum Gasteiger partial charge on any atom is -0.361 e. The van der Waals surface area contributed by atoms with Crippen molar-refractivity contribution in [3.8, 4) is 0 Å². The summed E-state index contributed by atoms with van der Waals surface area (Å²) in [5.74, 6) is 0.476. The smallest absolute Gasteiger partial charge is 0.217 e. The molecule has 1 aliphatic heterocycles. The van der Waals surface area contributed by atoms with Crippen LogP contribution in [0.1, 0.15) is 21.9 Å². The quantitative estimate of drug-likeness (QED) is 0.862. The van der Waals surface area contributed by atoms with E-state index in [1.165, 1.54) is 10.4 Å². The summed E-state index contributed by atoms with van der Waals surface area (Å²) in [5, 5.41) is 5.84. The van der Waals surface area contributed by atoms with E-state index in [0.717, 1.165) is 19.5 Å². The maximum Gasteiger partial charge on any atom is 0.217 e. The van der Waals surface area contributed by atoms with Gasteiger partial charge in [0.15, 0.2) is 0 Å². The molecule has 0 bridgehead atoms. The lowest BCUT2D eigenvalue weighted by Gasteiger charge is -2.26. The first-order valence-corrected chi connectivity index (χ1v) is 9.72. The molecular weight excluding hydrogens is 322 g/mol. The summed E-state index contributed by atoms with van der Waals surface area (Å²) in [7, 11) is -3.37. The standard InChI is InChI=1S/C14H19N3O3S2/c1-11-8-13(16-20-11)10-22(18,19)15-4-6-17-5-2-14-12(9-17)3-7-21-14/h3,7-8,15H,2,4-6,9-10H2,1H3. The number of rotatable bonds is 6. The van der Waals surface area contributed by atoms with Gasteiger partial charge in [-0.25, -0.2) is 13.1 Å². The third-order valence-corrected chi connectivity index (χ3v) is 5.99. The van der Waals surface area contributed by atoms with Gasteiger partial charge in [0.05, 0.1) is 0 Å². The van der Waals surface area contributed by atoms with Crippen molar-refractivity contribution in [2.24, 2.45) is 0 Å². The van der Waals surface area contributed by atoms with Gasteiger partial charge < -0.3 is 4.52 Å². The molecule has 0 aliphatic carbocycles. The molecule has 0 saturated carbocycles. The number of fused-ring (bicyclic) bond motifs is 1. The second kappa shape index (κ2) is 6.49. The van der Waals surface area contributed by atoms with Crippen molar-refractivity contribution in [2.45, 2.75) is 25.6 Å². The van der Waals surface area contributed by atoms with Crippen LogP contribution < -0.4 is 4.72 Å². The molecule has 3 rings (SSSR count). The fourth-order valence-electron chi connectivity index (χ4n) is 2.59. The molecule has 2 aromatic rings. The van der Waals surface area contributed by atoms with E-state index in [0.29, 0.717) is 24.5 Å². The molecule has 120 valence electrons. The van der Waals surface area contributed by atoms with Gasteiger partial charge in [0, 0.05) is 37.1 Å². The average Bonchev–Trinajstić information content (AvgIpc) is 3.06. The van der Waals surface area contributed by atoms with Gasteiger partial charge in [-0.3, -0.25) is 4.90 Å². The number of aromatic nitrogens is 1. The van der Waals surface area contributed by atoms with E-state index >= 15 is 0 Å². The normalized spacial score (nSPS) is 15.9. The zero-order valence-corrected chi connectivity index (χ0v) is 14.0. The van der Waals surface area contributed by atoms with E-state index in [4.69, 9.17) is 4.52 Å².